The van der Waals surface area contributed by atoms with Crippen LogP contribution >= 0.6 is 40.0 Å². The minimum atomic E-state index is -0.145. The van der Waals surface area contributed by atoms with Gasteiger partial charge in [-0.25, -0.2) is 4.45 Å². The summed E-state index contributed by atoms with van der Waals surface area (Å²) in [5.41, 5.74) is 2.97. The van der Waals surface area contributed by atoms with E-state index in [0.29, 0.717) is 22.6 Å². The molecule has 0 saturated heterocycles. The molecule has 0 aliphatic heterocycles. The van der Waals surface area contributed by atoms with Crippen LogP contribution < -0.4 is 5.32 Å². The fourth-order valence-electron chi connectivity index (χ4n) is 2.38. The maximum atomic E-state index is 12.3. The maximum absolute atomic E-state index is 12.3. The van der Waals surface area contributed by atoms with Crippen LogP contribution in [0, 0.1) is 11.3 Å². The summed E-state index contributed by atoms with van der Waals surface area (Å²) in [7, 11) is 0. The molecule has 0 bridgehead atoms. The van der Waals surface area contributed by atoms with Crippen molar-refractivity contribution in [1.82, 2.24) is 9.55 Å². The maximum Gasteiger partial charge on any atom is 0.228 e. The number of amides is 1. The Hall–Kier alpha value is -1.68. The fraction of sp³-hybridized carbons (Fsp3) is 0.0625. The van der Waals surface area contributed by atoms with Crippen LogP contribution in [-0.4, -0.2) is 15.5 Å². The van der Waals surface area contributed by atoms with Crippen molar-refractivity contribution >= 4 is 62.5 Å². The molecule has 3 rings (SSSR count). The van der Waals surface area contributed by atoms with Crippen molar-refractivity contribution < 1.29 is 4.79 Å². The van der Waals surface area contributed by atoms with Gasteiger partial charge in [-0.05, 0) is 64.0 Å². The second-order valence-electron chi connectivity index (χ2n) is 5.05. The van der Waals surface area contributed by atoms with Crippen LogP contribution in [0.15, 0.2) is 42.6 Å². The van der Waals surface area contributed by atoms with Crippen LogP contribution in [0.3, 0.4) is 0 Å². The zero-order chi connectivity index (χ0) is 17.1. The average Bonchev–Trinajstić information content (AvgIpc) is 2.98. The lowest BCUT2D eigenvalue weighted by atomic mass is 10.1. The van der Waals surface area contributed by atoms with Gasteiger partial charge < -0.3 is 5.32 Å². The average molecular weight is 469 g/mol. The molecule has 5 nitrogen and oxygen atoms in total. The molecule has 0 aliphatic carbocycles. The number of hydrogen-bond donors (Lipinski definition) is 1. The summed E-state index contributed by atoms with van der Waals surface area (Å²) in [5.74, 6) is -0.145. The molecule has 2 aromatic carbocycles. The van der Waals surface area contributed by atoms with Gasteiger partial charge in [0.15, 0.2) is 0 Å². The highest BCUT2D eigenvalue weighted by atomic mass is 127. The van der Waals surface area contributed by atoms with E-state index < -0.39 is 0 Å². The molecule has 0 saturated carbocycles. The molecule has 120 valence electrons. The summed E-state index contributed by atoms with van der Waals surface area (Å²) in [6, 6.07) is 12.4. The highest BCUT2D eigenvalue weighted by molar-refractivity contribution is 14.2. The van der Waals surface area contributed by atoms with Gasteiger partial charge in [0.05, 0.1) is 36.1 Å². The molecule has 0 radical (unpaired) electrons. The second kappa shape index (κ2) is 7.47. The van der Waals surface area contributed by atoms with Crippen molar-refractivity contribution in [2.24, 2.45) is 0 Å². The van der Waals surface area contributed by atoms with Gasteiger partial charge in [-0.2, -0.15) is 10.4 Å². The zero-order valence-electron chi connectivity index (χ0n) is 12.3. The van der Waals surface area contributed by atoms with Gasteiger partial charge in [-0.1, -0.05) is 11.6 Å². The number of hydrogen-bond acceptors (Lipinski definition) is 3. The lowest BCUT2D eigenvalue weighted by Crippen LogP contribution is -2.14. The predicted molar refractivity (Wildman–Crippen MR) is 106 cm³/mol. The predicted octanol–water partition coefficient (Wildman–Crippen LogP) is 4.53. The number of benzene rings is 2. The number of anilines is 1. The van der Waals surface area contributed by atoms with Gasteiger partial charge in [-0.15, -0.1) is 0 Å². The van der Waals surface area contributed by atoms with Gasteiger partial charge in [0.25, 0.3) is 0 Å². The normalized spacial score (nSPS) is 11.0. The molecule has 1 atom stereocenters. The Bertz CT molecular complexity index is 949. The molecule has 1 unspecified atom stereocenters. The fourth-order valence-corrected chi connectivity index (χ4v) is 4.15. The number of carbonyl (C=O) groups excluding carboxylic acids is 1. The monoisotopic (exact) mass is 468 g/mol. The van der Waals surface area contributed by atoms with Crippen molar-refractivity contribution in [1.29, 1.82) is 5.26 Å². The molecule has 8 heteroatoms. The van der Waals surface area contributed by atoms with E-state index in [1.165, 1.54) is 0 Å². The van der Waals surface area contributed by atoms with E-state index >= 15 is 0 Å². The zero-order valence-corrected chi connectivity index (χ0v) is 16.2. The Kier molecular flexibility index (Phi) is 5.34. The Morgan fingerprint density at radius 2 is 2.12 bits per heavy atom. The molecule has 1 amide bonds. The van der Waals surface area contributed by atoms with Crippen LogP contribution in [-0.2, 0) is 11.2 Å². The SMILES string of the molecule is N#Cc1ccc(NC(=O)Cc2cc(Cl)cc3c2cnn3PI)cc1. The van der Waals surface area contributed by atoms with Gasteiger partial charge in [0.1, 0.15) is 0 Å². The minimum absolute atomic E-state index is 0.145. The summed E-state index contributed by atoms with van der Waals surface area (Å²) in [6.45, 7) is 0. The molecule has 1 heterocycles. The van der Waals surface area contributed by atoms with Gasteiger partial charge in [0, 0.05) is 16.1 Å². The first-order valence-corrected chi connectivity index (χ1v) is 11.4. The van der Waals surface area contributed by atoms with Crippen molar-refractivity contribution in [3.05, 3.63) is 58.7 Å². The summed E-state index contributed by atoms with van der Waals surface area (Å²) in [4.78, 5) is 12.3. The van der Waals surface area contributed by atoms with E-state index in [9.17, 15) is 4.79 Å². The van der Waals surface area contributed by atoms with Gasteiger partial charge >= 0.3 is 0 Å². The van der Waals surface area contributed by atoms with E-state index in [1.54, 1.807) is 36.5 Å². The van der Waals surface area contributed by atoms with E-state index in [0.717, 1.165) is 16.5 Å². The highest BCUT2D eigenvalue weighted by Crippen LogP contribution is 2.32. The van der Waals surface area contributed by atoms with Crippen LogP contribution in [0.25, 0.3) is 10.9 Å². The van der Waals surface area contributed by atoms with Gasteiger partial charge in [0.2, 0.25) is 5.91 Å². The lowest BCUT2D eigenvalue weighted by molar-refractivity contribution is -0.115. The molecule has 24 heavy (non-hydrogen) atoms. The lowest BCUT2D eigenvalue weighted by Gasteiger charge is -2.07. The molecule has 0 aliphatic rings. The Balaban J connectivity index is 1.82. The van der Waals surface area contributed by atoms with Crippen LogP contribution in [0.4, 0.5) is 5.69 Å². The van der Waals surface area contributed by atoms with Crippen molar-refractivity contribution in [3.8, 4) is 6.07 Å². The molecule has 1 aromatic heterocycles. The highest BCUT2D eigenvalue weighted by Gasteiger charge is 2.12. The number of rotatable bonds is 4. The Morgan fingerprint density at radius 3 is 2.79 bits per heavy atom. The van der Waals surface area contributed by atoms with E-state index in [4.69, 9.17) is 16.9 Å². The quantitative estimate of drug-likeness (QED) is 0.452. The number of carbonyl (C=O) groups is 1. The van der Waals surface area contributed by atoms with E-state index in [2.05, 4.69) is 32.5 Å². The smallest absolute Gasteiger partial charge is 0.228 e. The van der Waals surface area contributed by atoms with Crippen molar-refractivity contribution in [2.45, 2.75) is 6.42 Å². The van der Waals surface area contributed by atoms with Crippen molar-refractivity contribution in [2.75, 3.05) is 5.32 Å². The summed E-state index contributed by atoms with van der Waals surface area (Å²) in [6.07, 6.45) is 2.43. The Labute approximate surface area is 158 Å². The molecule has 0 fully saturated rings. The Morgan fingerprint density at radius 1 is 1.38 bits per heavy atom. The first-order valence-electron chi connectivity index (χ1n) is 6.93. The number of aromatic nitrogens is 2. The molecular weight excluding hydrogens is 458 g/mol. The largest absolute Gasteiger partial charge is 0.326 e. The number of nitrogens with one attached hydrogen (secondary N) is 1. The first kappa shape index (κ1) is 17.2. The second-order valence-corrected chi connectivity index (χ2v) is 7.53. The number of halogens is 2. The number of fused-ring (bicyclic) bond motifs is 1. The third-order valence-corrected chi connectivity index (χ3v) is 5.57. The molecule has 1 N–H and O–H groups in total. The van der Waals surface area contributed by atoms with Crippen LogP contribution in [0.1, 0.15) is 11.1 Å². The molecular formula is C16H11ClIN4OP. The number of nitriles is 1. The van der Waals surface area contributed by atoms with E-state index in [-0.39, 0.29) is 12.3 Å². The summed E-state index contributed by atoms with van der Waals surface area (Å²) >= 11 is 8.43. The molecule has 0 spiro atoms. The van der Waals surface area contributed by atoms with Crippen LogP contribution in [0.5, 0.6) is 0 Å². The summed E-state index contributed by atoms with van der Waals surface area (Å²) < 4.78 is 1.86. The van der Waals surface area contributed by atoms with E-state index in [1.807, 2.05) is 16.6 Å². The summed E-state index contributed by atoms with van der Waals surface area (Å²) in [5, 5.41) is 17.5. The topological polar surface area (TPSA) is 70.7 Å². The van der Waals surface area contributed by atoms with Crippen LogP contribution in [0.2, 0.25) is 5.02 Å². The van der Waals surface area contributed by atoms with Crippen molar-refractivity contribution in [3.63, 3.8) is 0 Å². The number of nitrogens with zero attached hydrogens (tertiary/aromatic N) is 3. The molecule has 3 aromatic rings. The van der Waals surface area contributed by atoms with Gasteiger partial charge in [-0.3, -0.25) is 4.79 Å². The first-order chi connectivity index (χ1) is 11.6. The third-order valence-electron chi connectivity index (χ3n) is 3.47. The minimum Gasteiger partial charge on any atom is -0.326 e. The standard InChI is InChI=1S/C16H11ClIN4OP/c17-12-5-11(14-9-20-22(24-18)15(14)7-12)6-16(23)21-13-3-1-10(8-19)2-4-13/h1-5,7,9,24H,6H2,(H,21,23). The third kappa shape index (κ3) is 3.69.